The van der Waals surface area contributed by atoms with Crippen LogP contribution >= 0.6 is 0 Å². The molecular formula is C21H22N6O. The second-order valence-corrected chi connectivity index (χ2v) is 7.50. The van der Waals surface area contributed by atoms with Gasteiger partial charge in [-0.05, 0) is 58.0 Å². The SMILES string of the molecule is Cc1cn2nc(-c3ccc4c(=O)n(C5CCNCC5)ncc4c3)cc2c(C)n1. The van der Waals surface area contributed by atoms with E-state index >= 15 is 0 Å². The van der Waals surface area contributed by atoms with E-state index in [2.05, 4.69) is 15.4 Å². The number of fused-ring (bicyclic) bond motifs is 2. The van der Waals surface area contributed by atoms with Crippen molar-refractivity contribution in [1.82, 2.24) is 29.7 Å². The molecular weight excluding hydrogens is 352 g/mol. The van der Waals surface area contributed by atoms with Gasteiger partial charge in [0.1, 0.15) is 0 Å². The summed E-state index contributed by atoms with van der Waals surface area (Å²) in [5.41, 5.74) is 4.68. The van der Waals surface area contributed by atoms with Crippen LogP contribution in [0, 0.1) is 13.8 Å². The van der Waals surface area contributed by atoms with Crippen LogP contribution in [0.1, 0.15) is 30.3 Å². The number of nitrogens with zero attached hydrogens (tertiary/aromatic N) is 5. The van der Waals surface area contributed by atoms with Crippen LogP contribution in [0.2, 0.25) is 0 Å². The molecule has 28 heavy (non-hydrogen) atoms. The highest BCUT2D eigenvalue weighted by Gasteiger charge is 2.18. The van der Waals surface area contributed by atoms with E-state index in [4.69, 9.17) is 5.10 Å². The fraction of sp³-hybridized carbons (Fsp3) is 0.333. The van der Waals surface area contributed by atoms with Gasteiger partial charge in [-0.3, -0.25) is 9.78 Å². The van der Waals surface area contributed by atoms with E-state index in [1.54, 1.807) is 10.9 Å². The lowest BCUT2D eigenvalue weighted by Gasteiger charge is -2.23. The fourth-order valence-corrected chi connectivity index (χ4v) is 4.07. The second kappa shape index (κ2) is 6.53. The molecule has 0 spiro atoms. The molecule has 3 aromatic heterocycles. The van der Waals surface area contributed by atoms with Crippen molar-refractivity contribution >= 4 is 16.3 Å². The molecule has 1 saturated heterocycles. The molecule has 1 fully saturated rings. The zero-order chi connectivity index (χ0) is 19.3. The van der Waals surface area contributed by atoms with Crippen molar-refractivity contribution in [3.05, 3.63) is 58.4 Å². The molecule has 142 valence electrons. The van der Waals surface area contributed by atoms with E-state index in [-0.39, 0.29) is 11.6 Å². The van der Waals surface area contributed by atoms with Crippen molar-refractivity contribution in [3.8, 4) is 11.3 Å². The highest BCUT2D eigenvalue weighted by molar-refractivity contribution is 5.86. The third-order valence-corrected chi connectivity index (χ3v) is 5.52. The highest BCUT2D eigenvalue weighted by atomic mass is 16.1. The molecule has 7 heteroatoms. The normalized spacial score (nSPS) is 15.5. The number of benzene rings is 1. The Kier molecular flexibility index (Phi) is 3.98. The van der Waals surface area contributed by atoms with Gasteiger partial charge in [-0.25, -0.2) is 9.20 Å². The maximum atomic E-state index is 13.0. The minimum atomic E-state index is -0.0124. The van der Waals surface area contributed by atoms with Gasteiger partial charge in [0.05, 0.1) is 46.4 Å². The van der Waals surface area contributed by atoms with E-state index in [0.717, 1.165) is 59.5 Å². The largest absolute Gasteiger partial charge is 0.317 e. The summed E-state index contributed by atoms with van der Waals surface area (Å²) in [7, 11) is 0. The van der Waals surface area contributed by atoms with Gasteiger partial charge in [-0.2, -0.15) is 10.2 Å². The Morgan fingerprint density at radius 3 is 2.79 bits per heavy atom. The van der Waals surface area contributed by atoms with Gasteiger partial charge in [0.2, 0.25) is 0 Å². The van der Waals surface area contributed by atoms with Crippen LogP contribution in [0.5, 0.6) is 0 Å². The van der Waals surface area contributed by atoms with E-state index in [1.807, 2.05) is 48.8 Å². The molecule has 1 aliphatic rings. The monoisotopic (exact) mass is 374 g/mol. The first kappa shape index (κ1) is 17.1. The third-order valence-electron chi connectivity index (χ3n) is 5.52. The van der Waals surface area contributed by atoms with Crippen LogP contribution in [-0.4, -0.2) is 37.5 Å². The number of hydrogen-bond acceptors (Lipinski definition) is 5. The topological polar surface area (TPSA) is 77.1 Å². The van der Waals surface area contributed by atoms with E-state index < -0.39 is 0 Å². The summed E-state index contributed by atoms with van der Waals surface area (Å²) in [5, 5.41) is 14.0. The lowest BCUT2D eigenvalue weighted by atomic mass is 10.1. The predicted molar refractivity (Wildman–Crippen MR) is 109 cm³/mol. The molecule has 0 aliphatic carbocycles. The van der Waals surface area contributed by atoms with Crippen molar-refractivity contribution in [2.75, 3.05) is 13.1 Å². The molecule has 0 bridgehead atoms. The van der Waals surface area contributed by atoms with Crippen molar-refractivity contribution in [3.63, 3.8) is 0 Å². The maximum absolute atomic E-state index is 13.0. The molecule has 0 amide bonds. The van der Waals surface area contributed by atoms with Crippen LogP contribution < -0.4 is 10.9 Å². The van der Waals surface area contributed by atoms with Crippen LogP contribution in [0.3, 0.4) is 0 Å². The Hall–Kier alpha value is -3.06. The minimum absolute atomic E-state index is 0.0124. The lowest BCUT2D eigenvalue weighted by molar-refractivity contribution is 0.333. The number of aromatic nitrogens is 5. The zero-order valence-electron chi connectivity index (χ0n) is 16.0. The van der Waals surface area contributed by atoms with Gasteiger partial charge in [0.15, 0.2) is 0 Å². The minimum Gasteiger partial charge on any atom is -0.317 e. The van der Waals surface area contributed by atoms with Crippen molar-refractivity contribution in [1.29, 1.82) is 0 Å². The Bertz CT molecular complexity index is 1250. The summed E-state index contributed by atoms with van der Waals surface area (Å²) in [6.45, 7) is 5.80. The summed E-state index contributed by atoms with van der Waals surface area (Å²) in [4.78, 5) is 17.5. The average molecular weight is 374 g/mol. The van der Waals surface area contributed by atoms with E-state index in [0.29, 0.717) is 5.39 Å². The number of hydrogen-bond donors (Lipinski definition) is 1. The van der Waals surface area contributed by atoms with E-state index in [9.17, 15) is 4.79 Å². The summed E-state index contributed by atoms with van der Waals surface area (Å²) < 4.78 is 3.52. The molecule has 5 rings (SSSR count). The first-order valence-corrected chi connectivity index (χ1v) is 9.66. The first-order valence-electron chi connectivity index (χ1n) is 9.66. The molecule has 1 aromatic carbocycles. The average Bonchev–Trinajstić information content (AvgIpc) is 3.13. The van der Waals surface area contributed by atoms with Crippen LogP contribution in [0.25, 0.3) is 27.5 Å². The van der Waals surface area contributed by atoms with Gasteiger partial charge >= 0.3 is 0 Å². The number of piperidine rings is 1. The third kappa shape index (κ3) is 2.79. The first-order chi connectivity index (χ1) is 13.6. The van der Waals surface area contributed by atoms with Crippen molar-refractivity contribution in [2.45, 2.75) is 32.7 Å². The standard InChI is InChI=1S/C21H22N6O/c1-13-12-26-20(14(2)24-13)10-19(25-26)15-3-4-18-16(9-15)11-23-27(21(18)28)17-5-7-22-8-6-17/h3-4,9-12,17,22H,5-8H2,1-2H3. The second-order valence-electron chi connectivity index (χ2n) is 7.50. The predicted octanol–water partition coefficient (Wildman–Crippen LogP) is 2.65. The summed E-state index contributed by atoms with van der Waals surface area (Å²) in [6, 6.07) is 8.07. The smallest absolute Gasteiger partial charge is 0.274 e. The summed E-state index contributed by atoms with van der Waals surface area (Å²) in [5.74, 6) is 0. The Morgan fingerprint density at radius 1 is 1.14 bits per heavy atom. The molecule has 4 heterocycles. The quantitative estimate of drug-likeness (QED) is 0.584. The Morgan fingerprint density at radius 2 is 1.96 bits per heavy atom. The number of nitrogens with one attached hydrogen (secondary N) is 1. The number of rotatable bonds is 2. The molecule has 0 radical (unpaired) electrons. The molecule has 0 atom stereocenters. The fourth-order valence-electron chi connectivity index (χ4n) is 4.07. The van der Waals surface area contributed by atoms with Crippen LogP contribution in [0.15, 0.2) is 41.5 Å². The van der Waals surface area contributed by atoms with Gasteiger partial charge in [-0.1, -0.05) is 6.07 Å². The Balaban J connectivity index is 1.59. The maximum Gasteiger partial charge on any atom is 0.274 e. The number of aryl methyl sites for hydroxylation is 2. The van der Waals surface area contributed by atoms with Gasteiger partial charge < -0.3 is 5.32 Å². The molecule has 1 aliphatic heterocycles. The zero-order valence-corrected chi connectivity index (χ0v) is 16.0. The molecule has 0 saturated carbocycles. The molecule has 7 nitrogen and oxygen atoms in total. The summed E-state index contributed by atoms with van der Waals surface area (Å²) in [6.07, 6.45) is 5.59. The molecule has 0 unspecified atom stereocenters. The van der Waals surface area contributed by atoms with Crippen molar-refractivity contribution < 1.29 is 0 Å². The lowest BCUT2D eigenvalue weighted by Crippen LogP contribution is -2.35. The highest BCUT2D eigenvalue weighted by Crippen LogP contribution is 2.25. The molecule has 1 N–H and O–H groups in total. The van der Waals surface area contributed by atoms with Crippen LogP contribution in [-0.2, 0) is 0 Å². The summed E-state index contributed by atoms with van der Waals surface area (Å²) >= 11 is 0. The van der Waals surface area contributed by atoms with Gasteiger partial charge in [0, 0.05) is 10.9 Å². The van der Waals surface area contributed by atoms with E-state index in [1.165, 1.54) is 0 Å². The Labute approximate surface area is 162 Å². The van der Waals surface area contributed by atoms with Gasteiger partial charge in [0.25, 0.3) is 5.56 Å². The van der Waals surface area contributed by atoms with Gasteiger partial charge in [-0.15, -0.1) is 0 Å². The molecule has 4 aromatic rings. The van der Waals surface area contributed by atoms with Crippen LogP contribution in [0.4, 0.5) is 0 Å². The van der Waals surface area contributed by atoms with Crippen molar-refractivity contribution in [2.24, 2.45) is 0 Å².